The zero-order valence-corrected chi connectivity index (χ0v) is 13.9. The van der Waals surface area contributed by atoms with Crippen LogP contribution in [0.5, 0.6) is 11.5 Å². The Labute approximate surface area is 138 Å². The number of phenols is 1. The van der Waals surface area contributed by atoms with Gasteiger partial charge in [-0.05, 0) is 30.9 Å². The van der Waals surface area contributed by atoms with Crippen LogP contribution < -0.4 is 10.1 Å². The Kier molecular flexibility index (Phi) is 7.07. The van der Waals surface area contributed by atoms with Crippen LogP contribution in [0.4, 0.5) is 0 Å². The molecule has 1 saturated heterocycles. The van der Waals surface area contributed by atoms with Gasteiger partial charge in [0.15, 0.2) is 0 Å². The van der Waals surface area contributed by atoms with Gasteiger partial charge in [0.1, 0.15) is 11.5 Å². The van der Waals surface area contributed by atoms with Crippen LogP contribution in [-0.2, 0) is 0 Å². The molecule has 120 valence electrons. The summed E-state index contributed by atoms with van der Waals surface area (Å²) in [6.07, 6.45) is 2.51. The molecule has 2 N–H and O–H groups in total. The molecule has 1 saturated carbocycles. The van der Waals surface area contributed by atoms with Crippen LogP contribution in [0.25, 0.3) is 0 Å². The molecule has 0 unspecified atom stereocenters. The summed E-state index contributed by atoms with van der Waals surface area (Å²) in [4.78, 5) is 2.49. The van der Waals surface area contributed by atoms with E-state index in [9.17, 15) is 5.11 Å². The lowest BCUT2D eigenvalue weighted by Crippen LogP contribution is -2.45. The van der Waals surface area contributed by atoms with Gasteiger partial charge in [-0.25, -0.2) is 0 Å². The lowest BCUT2D eigenvalue weighted by Gasteiger charge is -2.36. The number of piperazine rings is 1. The van der Waals surface area contributed by atoms with Crippen LogP contribution in [0.15, 0.2) is 18.2 Å². The minimum absolute atomic E-state index is 0. The predicted molar refractivity (Wildman–Crippen MR) is 89.1 cm³/mol. The van der Waals surface area contributed by atoms with Crippen molar-refractivity contribution >= 4 is 24.8 Å². The fourth-order valence-electron chi connectivity index (χ4n) is 3.10. The summed E-state index contributed by atoms with van der Waals surface area (Å²) in [5, 5.41) is 13.7. The molecule has 0 bridgehead atoms. The molecular formula is C15H24Cl2N2O2. The second kappa shape index (κ2) is 8.08. The van der Waals surface area contributed by atoms with E-state index in [1.807, 2.05) is 12.1 Å². The van der Waals surface area contributed by atoms with E-state index in [-0.39, 0.29) is 24.8 Å². The molecule has 3 rings (SSSR count). The van der Waals surface area contributed by atoms with Gasteiger partial charge in [0.2, 0.25) is 0 Å². The fraction of sp³-hybridized carbons (Fsp3) is 0.600. The topological polar surface area (TPSA) is 44.7 Å². The van der Waals surface area contributed by atoms with Crippen LogP contribution in [-0.4, -0.2) is 43.3 Å². The number of methoxy groups -OCH3 is 1. The van der Waals surface area contributed by atoms with Crippen molar-refractivity contribution in [1.82, 2.24) is 10.2 Å². The number of hydrogen-bond acceptors (Lipinski definition) is 4. The predicted octanol–water partition coefficient (Wildman–Crippen LogP) is 2.60. The second-order valence-electron chi connectivity index (χ2n) is 5.46. The summed E-state index contributed by atoms with van der Waals surface area (Å²) in [7, 11) is 1.68. The molecule has 1 aliphatic heterocycles. The average Bonchev–Trinajstić information content (AvgIpc) is 3.27. The van der Waals surface area contributed by atoms with Crippen molar-refractivity contribution in [2.75, 3.05) is 33.3 Å². The normalized spacial score (nSPS) is 20.0. The van der Waals surface area contributed by atoms with Gasteiger partial charge in [-0.15, -0.1) is 24.8 Å². The molecule has 1 atom stereocenters. The molecule has 1 aromatic rings. The molecule has 2 aliphatic rings. The quantitative estimate of drug-likeness (QED) is 0.888. The van der Waals surface area contributed by atoms with Crippen LogP contribution in [0, 0.1) is 5.92 Å². The summed E-state index contributed by atoms with van der Waals surface area (Å²) in [5.74, 6) is 1.85. The van der Waals surface area contributed by atoms with Crippen LogP contribution in [0.2, 0.25) is 0 Å². The van der Waals surface area contributed by atoms with Gasteiger partial charge in [0, 0.05) is 32.2 Å². The lowest BCUT2D eigenvalue weighted by molar-refractivity contribution is 0.151. The Morgan fingerprint density at radius 1 is 1.24 bits per heavy atom. The third-order valence-electron chi connectivity index (χ3n) is 4.17. The first-order valence-corrected chi connectivity index (χ1v) is 7.12. The lowest BCUT2D eigenvalue weighted by atomic mass is 9.97. The Hall–Kier alpha value is -0.680. The van der Waals surface area contributed by atoms with Crippen molar-refractivity contribution in [1.29, 1.82) is 0 Å². The standard InChI is InChI=1S/C15H22N2O2.2ClH/c1-19-13-4-2-3-12(18)14(13)15(11-5-6-11)17-9-7-16-8-10-17;;/h2-4,11,15-16,18H,5-10H2,1H3;2*1H/t15-;;/m0../s1. The zero-order chi connectivity index (χ0) is 13.2. The minimum Gasteiger partial charge on any atom is -0.507 e. The van der Waals surface area contributed by atoms with Crippen molar-refractivity contribution < 1.29 is 9.84 Å². The van der Waals surface area contributed by atoms with Crippen molar-refractivity contribution in [2.45, 2.75) is 18.9 Å². The van der Waals surface area contributed by atoms with Crippen molar-refractivity contribution in [3.63, 3.8) is 0 Å². The van der Waals surface area contributed by atoms with E-state index < -0.39 is 0 Å². The van der Waals surface area contributed by atoms with E-state index in [2.05, 4.69) is 10.2 Å². The van der Waals surface area contributed by atoms with Crippen molar-refractivity contribution in [2.24, 2.45) is 5.92 Å². The third kappa shape index (κ3) is 3.95. The Balaban J connectivity index is 0.00000110. The highest BCUT2D eigenvalue weighted by molar-refractivity contribution is 5.85. The maximum atomic E-state index is 10.3. The molecule has 0 aromatic heterocycles. The van der Waals surface area contributed by atoms with Crippen LogP contribution >= 0.6 is 24.8 Å². The molecule has 0 radical (unpaired) electrons. The highest BCUT2D eigenvalue weighted by atomic mass is 35.5. The summed E-state index contributed by atoms with van der Waals surface area (Å²) in [5.41, 5.74) is 0.981. The highest BCUT2D eigenvalue weighted by Crippen LogP contribution is 2.49. The number of halogens is 2. The number of ether oxygens (including phenoxy) is 1. The molecule has 0 spiro atoms. The Bertz CT molecular complexity index is 449. The van der Waals surface area contributed by atoms with Gasteiger partial charge in [-0.3, -0.25) is 4.90 Å². The van der Waals surface area contributed by atoms with Gasteiger partial charge >= 0.3 is 0 Å². The van der Waals surface area contributed by atoms with Crippen LogP contribution in [0.1, 0.15) is 24.4 Å². The Morgan fingerprint density at radius 3 is 2.48 bits per heavy atom. The molecule has 21 heavy (non-hydrogen) atoms. The van der Waals surface area contributed by atoms with E-state index >= 15 is 0 Å². The first kappa shape index (κ1) is 18.4. The second-order valence-corrected chi connectivity index (χ2v) is 5.46. The molecular weight excluding hydrogens is 311 g/mol. The molecule has 2 fully saturated rings. The number of nitrogens with zero attached hydrogens (tertiary/aromatic N) is 1. The largest absolute Gasteiger partial charge is 0.507 e. The fourth-order valence-corrected chi connectivity index (χ4v) is 3.10. The zero-order valence-electron chi connectivity index (χ0n) is 12.2. The number of nitrogens with one attached hydrogen (secondary N) is 1. The van der Waals surface area contributed by atoms with Crippen LogP contribution in [0.3, 0.4) is 0 Å². The molecule has 4 nitrogen and oxygen atoms in total. The van der Waals surface area contributed by atoms with E-state index in [4.69, 9.17) is 4.74 Å². The summed E-state index contributed by atoms with van der Waals surface area (Å²) < 4.78 is 5.47. The summed E-state index contributed by atoms with van der Waals surface area (Å²) in [6.45, 7) is 4.13. The maximum absolute atomic E-state index is 10.3. The number of phenolic OH excluding ortho intramolecular Hbond substituents is 1. The smallest absolute Gasteiger partial charge is 0.127 e. The number of benzene rings is 1. The number of aromatic hydroxyl groups is 1. The summed E-state index contributed by atoms with van der Waals surface area (Å²) in [6, 6.07) is 5.87. The minimum atomic E-state index is 0. The average molecular weight is 335 g/mol. The van der Waals surface area contributed by atoms with E-state index in [0.29, 0.717) is 17.7 Å². The third-order valence-corrected chi connectivity index (χ3v) is 4.17. The van der Waals surface area contributed by atoms with E-state index in [1.165, 1.54) is 12.8 Å². The SMILES string of the molecule is COc1cccc(O)c1[C@H](C1CC1)N1CCNCC1.Cl.Cl. The summed E-state index contributed by atoms with van der Waals surface area (Å²) >= 11 is 0. The van der Waals surface area contributed by atoms with Gasteiger partial charge in [0.25, 0.3) is 0 Å². The molecule has 1 aromatic carbocycles. The van der Waals surface area contributed by atoms with Gasteiger partial charge < -0.3 is 15.2 Å². The van der Waals surface area contributed by atoms with Crippen molar-refractivity contribution in [3.8, 4) is 11.5 Å². The Morgan fingerprint density at radius 2 is 1.90 bits per heavy atom. The molecule has 1 heterocycles. The molecule has 1 aliphatic carbocycles. The van der Waals surface area contributed by atoms with E-state index in [1.54, 1.807) is 13.2 Å². The molecule has 6 heteroatoms. The molecule has 0 amide bonds. The van der Waals surface area contributed by atoms with Gasteiger partial charge in [0.05, 0.1) is 12.7 Å². The monoisotopic (exact) mass is 334 g/mol. The first-order valence-electron chi connectivity index (χ1n) is 7.12. The van der Waals surface area contributed by atoms with Gasteiger partial charge in [-0.1, -0.05) is 6.07 Å². The van der Waals surface area contributed by atoms with Crippen molar-refractivity contribution in [3.05, 3.63) is 23.8 Å². The first-order chi connectivity index (χ1) is 9.31. The number of hydrogen-bond donors (Lipinski definition) is 2. The number of rotatable bonds is 4. The maximum Gasteiger partial charge on any atom is 0.127 e. The van der Waals surface area contributed by atoms with Gasteiger partial charge in [-0.2, -0.15) is 0 Å². The van der Waals surface area contributed by atoms with E-state index in [0.717, 1.165) is 37.5 Å². The highest BCUT2D eigenvalue weighted by Gasteiger charge is 2.39.